The summed E-state index contributed by atoms with van der Waals surface area (Å²) in [6, 6.07) is 2.89. The van der Waals surface area contributed by atoms with Crippen molar-refractivity contribution in [2.75, 3.05) is 14.2 Å². The summed E-state index contributed by atoms with van der Waals surface area (Å²) in [6.45, 7) is 7.76. The lowest BCUT2D eigenvalue weighted by atomic mass is 10.1. The fourth-order valence-electron chi connectivity index (χ4n) is 2.21. The molecule has 1 amide bonds. The predicted octanol–water partition coefficient (Wildman–Crippen LogP) is 3.10. The minimum atomic E-state index is -0.604. The Morgan fingerprint density at radius 1 is 1.05 bits per heavy atom. The van der Waals surface area contributed by atoms with Gasteiger partial charge in [0.1, 0.15) is 0 Å². The van der Waals surface area contributed by atoms with Gasteiger partial charge in [-0.2, -0.15) is 4.39 Å². The highest BCUT2D eigenvalue weighted by atomic mass is 19.1. The van der Waals surface area contributed by atoms with Crippen LogP contribution in [0.1, 0.15) is 38.1 Å². The highest BCUT2D eigenvalue weighted by molar-refractivity contribution is 5.95. The molecule has 0 radical (unpaired) electrons. The third kappa shape index (κ3) is 3.21. The first-order chi connectivity index (χ1) is 9.33. The van der Waals surface area contributed by atoms with Gasteiger partial charge in [0, 0.05) is 17.6 Å². The number of carbonyl (C=O) groups is 1. The smallest absolute Gasteiger partial charge is 0.254 e. The summed E-state index contributed by atoms with van der Waals surface area (Å²) in [5.41, 5.74) is 0.350. The maximum Gasteiger partial charge on any atom is 0.254 e. The van der Waals surface area contributed by atoms with Gasteiger partial charge in [0.2, 0.25) is 5.82 Å². The topological polar surface area (TPSA) is 38.8 Å². The van der Waals surface area contributed by atoms with Crippen LogP contribution < -0.4 is 9.47 Å². The molecule has 0 fully saturated rings. The van der Waals surface area contributed by atoms with Crippen molar-refractivity contribution < 1.29 is 18.7 Å². The van der Waals surface area contributed by atoms with E-state index < -0.39 is 5.82 Å². The molecule has 1 aromatic rings. The summed E-state index contributed by atoms with van der Waals surface area (Å²) in [6.07, 6.45) is 0. The summed E-state index contributed by atoms with van der Waals surface area (Å²) in [5, 5.41) is 0. The number of methoxy groups -OCH3 is 2. The van der Waals surface area contributed by atoms with Crippen LogP contribution >= 0.6 is 0 Å². The maximum absolute atomic E-state index is 13.9. The molecule has 4 nitrogen and oxygen atoms in total. The van der Waals surface area contributed by atoms with Crippen molar-refractivity contribution in [3.63, 3.8) is 0 Å². The molecule has 0 aliphatic carbocycles. The largest absolute Gasteiger partial charge is 0.494 e. The first kappa shape index (κ1) is 16.3. The zero-order valence-electron chi connectivity index (χ0n) is 12.9. The van der Waals surface area contributed by atoms with Gasteiger partial charge in [-0.3, -0.25) is 4.79 Å². The maximum atomic E-state index is 13.9. The Morgan fingerprint density at radius 3 is 1.75 bits per heavy atom. The molecule has 0 N–H and O–H groups in total. The molecule has 0 aromatic heterocycles. The monoisotopic (exact) mass is 283 g/mol. The van der Waals surface area contributed by atoms with Crippen molar-refractivity contribution in [3.8, 4) is 11.5 Å². The highest BCUT2D eigenvalue weighted by Crippen LogP contribution is 2.29. The second kappa shape index (κ2) is 6.59. The Morgan fingerprint density at radius 2 is 1.45 bits per heavy atom. The number of amides is 1. The SMILES string of the molecule is COc1cc(C(=O)N(C(C)C)C(C)C)cc(OC)c1F. The quantitative estimate of drug-likeness (QED) is 0.833. The van der Waals surface area contributed by atoms with Gasteiger partial charge < -0.3 is 14.4 Å². The molecule has 112 valence electrons. The molecular weight excluding hydrogens is 261 g/mol. The molecule has 1 aromatic carbocycles. The molecule has 0 atom stereocenters. The van der Waals surface area contributed by atoms with Crippen LogP contribution in [0.2, 0.25) is 0 Å². The number of nitrogens with zero attached hydrogens (tertiary/aromatic N) is 1. The minimum Gasteiger partial charge on any atom is -0.494 e. The van der Waals surface area contributed by atoms with Crippen LogP contribution in [-0.4, -0.2) is 37.1 Å². The van der Waals surface area contributed by atoms with E-state index in [9.17, 15) is 9.18 Å². The van der Waals surface area contributed by atoms with Crippen molar-refractivity contribution in [2.45, 2.75) is 39.8 Å². The predicted molar refractivity (Wildman–Crippen MR) is 75.9 cm³/mol. The highest BCUT2D eigenvalue weighted by Gasteiger charge is 2.24. The zero-order chi connectivity index (χ0) is 15.4. The van der Waals surface area contributed by atoms with Gasteiger partial charge in [0.15, 0.2) is 11.5 Å². The van der Waals surface area contributed by atoms with E-state index in [0.717, 1.165) is 0 Å². The number of hydrogen-bond donors (Lipinski definition) is 0. The molecule has 5 heteroatoms. The first-order valence-electron chi connectivity index (χ1n) is 6.57. The lowest BCUT2D eigenvalue weighted by Crippen LogP contribution is -2.42. The number of halogens is 1. The van der Waals surface area contributed by atoms with Gasteiger partial charge in [-0.1, -0.05) is 0 Å². The van der Waals surface area contributed by atoms with Gasteiger partial charge in [-0.15, -0.1) is 0 Å². The fraction of sp³-hybridized carbons (Fsp3) is 0.533. The molecule has 0 unspecified atom stereocenters. The van der Waals surface area contributed by atoms with E-state index >= 15 is 0 Å². The van der Waals surface area contributed by atoms with Crippen molar-refractivity contribution in [1.29, 1.82) is 0 Å². The van der Waals surface area contributed by atoms with Crippen LogP contribution in [0.15, 0.2) is 12.1 Å². The Kier molecular flexibility index (Phi) is 5.36. The molecule has 0 aliphatic rings. The summed E-state index contributed by atoms with van der Waals surface area (Å²) in [5.74, 6) is -0.779. The average molecular weight is 283 g/mol. The lowest BCUT2D eigenvalue weighted by Gasteiger charge is -2.31. The van der Waals surface area contributed by atoms with E-state index in [-0.39, 0.29) is 29.5 Å². The minimum absolute atomic E-state index is 0.000150. The van der Waals surface area contributed by atoms with Gasteiger partial charge in [-0.05, 0) is 39.8 Å². The van der Waals surface area contributed by atoms with E-state index in [1.54, 1.807) is 4.90 Å². The summed E-state index contributed by atoms with van der Waals surface area (Å²) in [7, 11) is 2.71. The molecule has 0 spiro atoms. The molecular formula is C15H22FNO3. The third-order valence-corrected chi connectivity index (χ3v) is 3.04. The molecule has 0 saturated heterocycles. The van der Waals surface area contributed by atoms with E-state index in [4.69, 9.17) is 9.47 Å². The van der Waals surface area contributed by atoms with E-state index in [1.807, 2.05) is 27.7 Å². The zero-order valence-corrected chi connectivity index (χ0v) is 12.9. The van der Waals surface area contributed by atoms with Gasteiger partial charge in [-0.25, -0.2) is 0 Å². The summed E-state index contributed by atoms with van der Waals surface area (Å²) >= 11 is 0. The molecule has 0 aliphatic heterocycles. The normalized spacial score (nSPS) is 10.8. The number of carbonyl (C=O) groups excluding carboxylic acids is 1. The number of rotatable bonds is 5. The Bertz CT molecular complexity index is 453. The van der Waals surface area contributed by atoms with Crippen molar-refractivity contribution in [2.24, 2.45) is 0 Å². The van der Waals surface area contributed by atoms with Crippen molar-refractivity contribution in [1.82, 2.24) is 4.90 Å². The molecule has 1 rings (SSSR count). The molecule has 0 bridgehead atoms. The van der Waals surface area contributed by atoms with Crippen LogP contribution in [0, 0.1) is 5.82 Å². The van der Waals surface area contributed by atoms with E-state index in [0.29, 0.717) is 5.56 Å². The summed E-state index contributed by atoms with van der Waals surface area (Å²) < 4.78 is 23.8. The van der Waals surface area contributed by atoms with E-state index in [1.165, 1.54) is 26.4 Å². The van der Waals surface area contributed by atoms with Crippen LogP contribution in [0.3, 0.4) is 0 Å². The Labute approximate surface area is 119 Å². The number of ether oxygens (including phenoxy) is 2. The van der Waals surface area contributed by atoms with Gasteiger partial charge in [0.25, 0.3) is 5.91 Å². The van der Waals surface area contributed by atoms with Crippen LogP contribution in [-0.2, 0) is 0 Å². The van der Waals surface area contributed by atoms with Crippen molar-refractivity contribution >= 4 is 5.91 Å². The number of benzene rings is 1. The lowest BCUT2D eigenvalue weighted by molar-refractivity contribution is 0.0643. The summed E-state index contributed by atoms with van der Waals surface area (Å²) in [4.78, 5) is 14.3. The van der Waals surface area contributed by atoms with Crippen LogP contribution in [0.25, 0.3) is 0 Å². The molecule has 20 heavy (non-hydrogen) atoms. The number of hydrogen-bond acceptors (Lipinski definition) is 3. The average Bonchev–Trinajstić information content (AvgIpc) is 2.37. The van der Waals surface area contributed by atoms with Gasteiger partial charge >= 0.3 is 0 Å². The van der Waals surface area contributed by atoms with E-state index in [2.05, 4.69) is 0 Å². The Hall–Kier alpha value is -1.78. The Balaban J connectivity index is 3.28. The van der Waals surface area contributed by atoms with Gasteiger partial charge in [0.05, 0.1) is 14.2 Å². The van der Waals surface area contributed by atoms with Crippen LogP contribution in [0.5, 0.6) is 11.5 Å². The fourth-order valence-corrected chi connectivity index (χ4v) is 2.21. The third-order valence-electron chi connectivity index (χ3n) is 3.04. The first-order valence-corrected chi connectivity index (χ1v) is 6.57. The molecule has 0 saturated carbocycles. The second-order valence-corrected chi connectivity index (χ2v) is 5.09. The standard InChI is InChI=1S/C15H22FNO3/c1-9(2)17(10(3)4)15(18)11-7-12(19-5)14(16)13(8-11)20-6/h7-10H,1-6H3. The van der Waals surface area contributed by atoms with Crippen molar-refractivity contribution in [3.05, 3.63) is 23.5 Å². The second-order valence-electron chi connectivity index (χ2n) is 5.09. The molecule has 0 heterocycles. The van der Waals surface area contributed by atoms with Crippen LogP contribution in [0.4, 0.5) is 4.39 Å².